The molecule has 1 atom stereocenters. The van der Waals surface area contributed by atoms with E-state index in [4.69, 9.17) is 4.42 Å². The molecule has 3 heteroatoms. The van der Waals surface area contributed by atoms with Crippen LogP contribution in [0.5, 0.6) is 0 Å². The number of benzene rings is 1. The highest BCUT2D eigenvalue weighted by molar-refractivity contribution is 5.78. The van der Waals surface area contributed by atoms with E-state index in [-0.39, 0.29) is 11.9 Å². The third-order valence-electron chi connectivity index (χ3n) is 3.22. The summed E-state index contributed by atoms with van der Waals surface area (Å²) >= 11 is 0. The first-order chi connectivity index (χ1) is 8.60. The van der Waals surface area contributed by atoms with E-state index in [1.54, 1.807) is 6.07 Å². The maximum Gasteiger partial charge on any atom is 0.134 e. The zero-order chi connectivity index (χ0) is 13.1. The predicted octanol–water partition coefficient (Wildman–Crippen LogP) is 4.27. The van der Waals surface area contributed by atoms with Crippen molar-refractivity contribution in [3.63, 3.8) is 0 Å². The molecule has 0 saturated heterocycles. The normalized spacial score (nSPS) is 13.4. The van der Waals surface area contributed by atoms with Crippen molar-refractivity contribution in [2.75, 3.05) is 7.05 Å². The summed E-state index contributed by atoms with van der Waals surface area (Å²) in [6, 6.07) is 6.75. The number of furan rings is 1. The highest BCUT2D eigenvalue weighted by Crippen LogP contribution is 2.27. The van der Waals surface area contributed by atoms with Gasteiger partial charge in [0.25, 0.3) is 0 Å². The molecular weight excluding hydrogens is 229 g/mol. The molecule has 0 aliphatic rings. The number of halogens is 1. The van der Waals surface area contributed by atoms with Crippen molar-refractivity contribution < 1.29 is 8.81 Å². The minimum absolute atomic E-state index is 0.197. The van der Waals surface area contributed by atoms with Crippen molar-refractivity contribution in [3.8, 4) is 0 Å². The van der Waals surface area contributed by atoms with Gasteiger partial charge >= 0.3 is 0 Å². The molecule has 0 radical (unpaired) electrons. The predicted molar refractivity (Wildman–Crippen MR) is 72.0 cm³/mol. The average Bonchev–Trinajstić information content (AvgIpc) is 2.72. The number of nitrogens with one attached hydrogen (secondary N) is 1. The molecule has 0 amide bonds. The molecule has 1 aromatic heterocycles. The molecule has 2 aromatic rings. The Hall–Kier alpha value is -1.35. The monoisotopic (exact) mass is 249 g/mol. The Kier molecular flexibility index (Phi) is 4.02. The molecule has 1 unspecified atom stereocenters. The van der Waals surface area contributed by atoms with Crippen LogP contribution < -0.4 is 5.32 Å². The highest BCUT2D eigenvalue weighted by Gasteiger charge is 2.15. The van der Waals surface area contributed by atoms with Crippen molar-refractivity contribution in [1.82, 2.24) is 5.32 Å². The van der Waals surface area contributed by atoms with Gasteiger partial charge in [0.05, 0.1) is 6.04 Å². The maximum absolute atomic E-state index is 13.1. The van der Waals surface area contributed by atoms with Gasteiger partial charge in [-0.1, -0.05) is 13.8 Å². The van der Waals surface area contributed by atoms with Crippen molar-refractivity contribution in [2.45, 2.75) is 32.7 Å². The lowest BCUT2D eigenvalue weighted by Crippen LogP contribution is -2.16. The van der Waals surface area contributed by atoms with Gasteiger partial charge in [-0.25, -0.2) is 4.39 Å². The van der Waals surface area contributed by atoms with Crippen molar-refractivity contribution in [1.29, 1.82) is 0 Å². The van der Waals surface area contributed by atoms with Crippen molar-refractivity contribution in [2.24, 2.45) is 5.92 Å². The Labute approximate surface area is 107 Å². The summed E-state index contributed by atoms with van der Waals surface area (Å²) in [5.41, 5.74) is 0.746. The van der Waals surface area contributed by atoms with Gasteiger partial charge in [-0.3, -0.25) is 0 Å². The van der Waals surface area contributed by atoms with E-state index < -0.39 is 0 Å². The van der Waals surface area contributed by atoms with Gasteiger partial charge < -0.3 is 9.73 Å². The molecule has 2 nitrogen and oxygen atoms in total. The molecular formula is C15H20FNO. The van der Waals surface area contributed by atoms with E-state index in [0.29, 0.717) is 5.92 Å². The highest BCUT2D eigenvalue weighted by atomic mass is 19.1. The molecule has 0 saturated carbocycles. The largest absolute Gasteiger partial charge is 0.459 e. The molecule has 98 valence electrons. The van der Waals surface area contributed by atoms with Crippen LogP contribution in [0.3, 0.4) is 0 Å². The molecule has 2 rings (SSSR count). The van der Waals surface area contributed by atoms with E-state index in [1.165, 1.54) is 12.1 Å². The zero-order valence-corrected chi connectivity index (χ0v) is 11.2. The van der Waals surface area contributed by atoms with Crippen LogP contribution in [0.4, 0.5) is 4.39 Å². The second-order valence-electron chi connectivity index (χ2n) is 5.14. The fourth-order valence-corrected chi connectivity index (χ4v) is 2.14. The van der Waals surface area contributed by atoms with Gasteiger partial charge in [0.2, 0.25) is 0 Å². The summed E-state index contributed by atoms with van der Waals surface area (Å²) in [6.07, 6.45) is 2.16. The van der Waals surface area contributed by atoms with Gasteiger partial charge in [0.1, 0.15) is 17.2 Å². The first-order valence-electron chi connectivity index (χ1n) is 6.46. The summed E-state index contributed by atoms with van der Waals surface area (Å²) in [6.45, 7) is 4.42. The summed E-state index contributed by atoms with van der Waals surface area (Å²) in [7, 11) is 1.93. The minimum Gasteiger partial charge on any atom is -0.459 e. The fourth-order valence-electron chi connectivity index (χ4n) is 2.14. The van der Waals surface area contributed by atoms with Gasteiger partial charge in [-0.15, -0.1) is 0 Å². The zero-order valence-electron chi connectivity index (χ0n) is 11.2. The Bertz CT molecular complexity index is 518. The number of fused-ring (bicyclic) bond motifs is 1. The van der Waals surface area contributed by atoms with Crippen LogP contribution in [-0.2, 0) is 0 Å². The van der Waals surface area contributed by atoms with E-state index in [0.717, 1.165) is 29.6 Å². The van der Waals surface area contributed by atoms with E-state index in [2.05, 4.69) is 19.2 Å². The van der Waals surface area contributed by atoms with E-state index in [1.807, 2.05) is 13.1 Å². The van der Waals surface area contributed by atoms with Crippen LogP contribution in [0, 0.1) is 11.7 Å². The first kappa shape index (κ1) is 13.1. The third-order valence-corrected chi connectivity index (χ3v) is 3.22. The first-order valence-corrected chi connectivity index (χ1v) is 6.46. The summed E-state index contributed by atoms with van der Waals surface area (Å²) < 4.78 is 18.9. The standard InChI is InChI=1S/C15H20FNO/c1-10(2)4-6-13(17-3)15-9-11-8-12(16)5-7-14(11)18-15/h5,7-10,13,17H,4,6H2,1-3H3. The Morgan fingerprint density at radius 3 is 2.67 bits per heavy atom. The van der Waals surface area contributed by atoms with E-state index >= 15 is 0 Å². The lowest BCUT2D eigenvalue weighted by molar-refractivity contribution is 0.400. The van der Waals surface area contributed by atoms with Crippen molar-refractivity contribution in [3.05, 3.63) is 35.8 Å². The van der Waals surface area contributed by atoms with Gasteiger partial charge in [-0.2, -0.15) is 0 Å². The fraction of sp³-hybridized carbons (Fsp3) is 0.467. The number of hydrogen-bond donors (Lipinski definition) is 1. The topological polar surface area (TPSA) is 25.2 Å². The minimum atomic E-state index is -0.224. The Balaban J connectivity index is 2.22. The summed E-state index contributed by atoms with van der Waals surface area (Å²) in [4.78, 5) is 0. The van der Waals surface area contributed by atoms with Crippen LogP contribution in [0.15, 0.2) is 28.7 Å². The quantitative estimate of drug-likeness (QED) is 0.856. The molecule has 1 heterocycles. The molecule has 18 heavy (non-hydrogen) atoms. The Morgan fingerprint density at radius 2 is 2.00 bits per heavy atom. The lowest BCUT2D eigenvalue weighted by Gasteiger charge is -2.14. The molecule has 0 spiro atoms. The lowest BCUT2D eigenvalue weighted by atomic mass is 10.0. The van der Waals surface area contributed by atoms with Gasteiger partial charge in [0, 0.05) is 5.39 Å². The average molecular weight is 249 g/mol. The molecule has 0 fully saturated rings. The molecule has 1 N–H and O–H groups in total. The molecule has 0 aliphatic heterocycles. The third kappa shape index (κ3) is 2.91. The summed E-state index contributed by atoms with van der Waals surface area (Å²) in [5.74, 6) is 1.33. The van der Waals surface area contributed by atoms with Crippen LogP contribution >= 0.6 is 0 Å². The second-order valence-corrected chi connectivity index (χ2v) is 5.14. The SMILES string of the molecule is CNC(CCC(C)C)c1cc2cc(F)ccc2o1. The maximum atomic E-state index is 13.1. The molecule has 0 aliphatic carbocycles. The Morgan fingerprint density at radius 1 is 1.22 bits per heavy atom. The number of hydrogen-bond acceptors (Lipinski definition) is 2. The molecule has 1 aromatic carbocycles. The van der Waals surface area contributed by atoms with Crippen LogP contribution in [0.25, 0.3) is 11.0 Å². The van der Waals surface area contributed by atoms with Gasteiger partial charge in [0.15, 0.2) is 0 Å². The molecule has 0 bridgehead atoms. The second kappa shape index (κ2) is 5.53. The van der Waals surface area contributed by atoms with Crippen LogP contribution in [-0.4, -0.2) is 7.05 Å². The van der Waals surface area contributed by atoms with Crippen LogP contribution in [0.1, 0.15) is 38.5 Å². The van der Waals surface area contributed by atoms with Crippen LogP contribution in [0.2, 0.25) is 0 Å². The van der Waals surface area contributed by atoms with E-state index in [9.17, 15) is 4.39 Å². The van der Waals surface area contributed by atoms with Crippen molar-refractivity contribution >= 4 is 11.0 Å². The smallest absolute Gasteiger partial charge is 0.134 e. The summed E-state index contributed by atoms with van der Waals surface area (Å²) in [5, 5.41) is 4.09. The van der Waals surface area contributed by atoms with Gasteiger partial charge in [-0.05, 0) is 50.1 Å². The number of rotatable bonds is 5.